The zero-order chi connectivity index (χ0) is 16.7. The van der Waals surface area contributed by atoms with Gasteiger partial charge in [-0.3, -0.25) is 4.98 Å². The Kier molecular flexibility index (Phi) is 3.41. The van der Waals surface area contributed by atoms with Crippen LogP contribution in [0.2, 0.25) is 0 Å². The van der Waals surface area contributed by atoms with Crippen molar-refractivity contribution in [2.45, 2.75) is 6.42 Å². The molecule has 0 unspecified atom stereocenters. The monoisotopic (exact) mass is 323 g/mol. The van der Waals surface area contributed by atoms with Crippen molar-refractivity contribution >= 4 is 10.8 Å². The van der Waals surface area contributed by atoms with E-state index >= 15 is 0 Å². The van der Waals surface area contributed by atoms with E-state index in [1.54, 1.807) is 21.3 Å². The molecule has 122 valence electrons. The summed E-state index contributed by atoms with van der Waals surface area (Å²) in [6.45, 7) is 0. The van der Waals surface area contributed by atoms with Crippen LogP contribution in [-0.2, 0) is 6.42 Å². The van der Waals surface area contributed by atoms with Crippen LogP contribution in [0.5, 0.6) is 28.7 Å². The summed E-state index contributed by atoms with van der Waals surface area (Å²) in [6.07, 6.45) is 2.47. The second-order valence-corrected chi connectivity index (χ2v) is 5.55. The van der Waals surface area contributed by atoms with Gasteiger partial charge in [0.05, 0.1) is 32.4 Å². The molecule has 0 radical (unpaired) electrons. The molecule has 0 fully saturated rings. The van der Waals surface area contributed by atoms with Gasteiger partial charge >= 0.3 is 0 Å². The maximum absolute atomic E-state index is 6.24. The largest absolute Gasteiger partial charge is 0.493 e. The summed E-state index contributed by atoms with van der Waals surface area (Å²) >= 11 is 0. The van der Waals surface area contributed by atoms with Gasteiger partial charge in [0.15, 0.2) is 23.0 Å². The van der Waals surface area contributed by atoms with Gasteiger partial charge in [-0.1, -0.05) is 6.07 Å². The van der Waals surface area contributed by atoms with Crippen molar-refractivity contribution in [1.29, 1.82) is 0 Å². The van der Waals surface area contributed by atoms with Crippen LogP contribution >= 0.6 is 0 Å². The number of methoxy groups -OCH3 is 3. The van der Waals surface area contributed by atoms with Crippen molar-refractivity contribution in [2.24, 2.45) is 0 Å². The second kappa shape index (κ2) is 5.60. The minimum absolute atomic E-state index is 0.626. The van der Waals surface area contributed by atoms with Gasteiger partial charge in [-0.25, -0.2) is 0 Å². The van der Waals surface area contributed by atoms with E-state index in [1.807, 2.05) is 36.5 Å². The molecule has 5 nitrogen and oxygen atoms in total. The van der Waals surface area contributed by atoms with E-state index in [0.717, 1.165) is 27.8 Å². The quantitative estimate of drug-likeness (QED) is 0.571. The van der Waals surface area contributed by atoms with Gasteiger partial charge in [-0.15, -0.1) is 0 Å². The number of ether oxygens (including phenoxy) is 4. The van der Waals surface area contributed by atoms with E-state index < -0.39 is 0 Å². The Morgan fingerprint density at radius 2 is 1.67 bits per heavy atom. The molecule has 3 aromatic rings. The van der Waals surface area contributed by atoms with Crippen molar-refractivity contribution in [3.05, 3.63) is 47.8 Å². The van der Waals surface area contributed by atoms with Crippen molar-refractivity contribution in [2.75, 3.05) is 21.3 Å². The molecule has 2 aromatic carbocycles. The molecule has 1 aliphatic heterocycles. The summed E-state index contributed by atoms with van der Waals surface area (Å²) in [4.78, 5) is 4.56. The number of benzene rings is 2. The predicted molar refractivity (Wildman–Crippen MR) is 90.7 cm³/mol. The Labute approximate surface area is 139 Å². The van der Waals surface area contributed by atoms with E-state index in [0.29, 0.717) is 29.4 Å². The first-order valence-electron chi connectivity index (χ1n) is 7.62. The molecule has 1 aromatic heterocycles. The molecular formula is C19H17NO4. The van der Waals surface area contributed by atoms with Gasteiger partial charge in [0.1, 0.15) is 5.75 Å². The SMILES string of the molecule is COc1cc2c(cc1OC)Oc1c(OC)ccc3ccnc(c13)C2. The highest BCUT2D eigenvalue weighted by Gasteiger charge is 2.23. The standard InChI is InChI=1S/C19H17NO4/c1-21-14-5-4-11-6-7-20-13-8-12-9-16(22-2)17(23-3)10-15(12)24-19(14)18(11)13/h4-7,9-10H,8H2,1-3H3. The lowest BCUT2D eigenvalue weighted by Gasteiger charge is -2.15. The van der Waals surface area contributed by atoms with Crippen LogP contribution in [-0.4, -0.2) is 26.3 Å². The third kappa shape index (κ3) is 2.12. The molecule has 0 atom stereocenters. The first-order chi connectivity index (χ1) is 11.7. The number of aromatic nitrogens is 1. The van der Waals surface area contributed by atoms with Gasteiger partial charge in [0.2, 0.25) is 0 Å². The molecular weight excluding hydrogens is 306 g/mol. The summed E-state index contributed by atoms with van der Waals surface area (Å²) in [6, 6.07) is 9.68. The minimum Gasteiger partial charge on any atom is -0.493 e. The molecule has 0 spiro atoms. The summed E-state index contributed by atoms with van der Waals surface area (Å²) in [5.74, 6) is 3.38. The number of pyridine rings is 1. The number of fused-ring (bicyclic) bond motifs is 1. The fourth-order valence-corrected chi connectivity index (χ4v) is 3.11. The van der Waals surface area contributed by atoms with Crippen LogP contribution in [0.25, 0.3) is 10.8 Å². The van der Waals surface area contributed by atoms with E-state index in [9.17, 15) is 0 Å². The zero-order valence-electron chi connectivity index (χ0n) is 13.8. The van der Waals surface area contributed by atoms with E-state index in [2.05, 4.69) is 4.98 Å². The summed E-state index contributed by atoms with van der Waals surface area (Å²) in [5.41, 5.74) is 1.94. The third-order valence-corrected chi connectivity index (χ3v) is 4.28. The molecule has 0 N–H and O–H groups in total. The highest BCUT2D eigenvalue weighted by atomic mass is 16.5. The van der Waals surface area contributed by atoms with Crippen molar-refractivity contribution in [3.63, 3.8) is 0 Å². The number of hydrogen-bond acceptors (Lipinski definition) is 5. The fourth-order valence-electron chi connectivity index (χ4n) is 3.11. The summed E-state index contributed by atoms with van der Waals surface area (Å²) in [7, 11) is 4.87. The summed E-state index contributed by atoms with van der Waals surface area (Å²) < 4.78 is 22.5. The first-order valence-corrected chi connectivity index (χ1v) is 7.62. The number of hydrogen-bond donors (Lipinski definition) is 0. The predicted octanol–water partition coefficient (Wildman–Crippen LogP) is 3.96. The highest BCUT2D eigenvalue weighted by molar-refractivity contribution is 5.93. The fraction of sp³-hybridized carbons (Fsp3) is 0.211. The second-order valence-electron chi connectivity index (χ2n) is 5.55. The molecule has 0 saturated heterocycles. The molecule has 4 rings (SSSR count). The van der Waals surface area contributed by atoms with Crippen molar-refractivity contribution in [1.82, 2.24) is 4.98 Å². The molecule has 0 aliphatic carbocycles. The van der Waals surface area contributed by atoms with Crippen LogP contribution in [0, 0.1) is 0 Å². The van der Waals surface area contributed by atoms with Gasteiger partial charge in [0.25, 0.3) is 0 Å². The molecule has 2 heterocycles. The maximum Gasteiger partial charge on any atom is 0.178 e. The Morgan fingerprint density at radius 1 is 0.917 bits per heavy atom. The topological polar surface area (TPSA) is 49.8 Å². The molecule has 0 saturated carbocycles. The molecule has 1 aliphatic rings. The average Bonchev–Trinajstić information content (AvgIpc) is 2.78. The van der Waals surface area contributed by atoms with Gasteiger partial charge in [0, 0.05) is 24.2 Å². The lowest BCUT2D eigenvalue weighted by molar-refractivity contribution is 0.349. The third-order valence-electron chi connectivity index (χ3n) is 4.28. The number of rotatable bonds is 3. The molecule has 5 heteroatoms. The van der Waals surface area contributed by atoms with E-state index in [1.165, 1.54) is 0 Å². The molecule has 0 bridgehead atoms. The number of nitrogens with zero attached hydrogens (tertiary/aromatic N) is 1. The Morgan fingerprint density at radius 3 is 2.42 bits per heavy atom. The van der Waals surface area contributed by atoms with E-state index in [-0.39, 0.29) is 0 Å². The van der Waals surface area contributed by atoms with Crippen LogP contribution in [0.4, 0.5) is 0 Å². The molecule has 24 heavy (non-hydrogen) atoms. The van der Waals surface area contributed by atoms with E-state index in [4.69, 9.17) is 18.9 Å². The summed E-state index contributed by atoms with van der Waals surface area (Å²) in [5, 5.41) is 2.05. The Balaban J connectivity index is 2.00. The van der Waals surface area contributed by atoms with Gasteiger partial charge < -0.3 is 18.9 Å². The van der Waals surface area contributed by atoms with Crippen molar-refractivity contribution in [3.8, 4) is 28.7 Å². The Hall–Kier alpha value is -2.95. The molecule has 0 amide bonds. The van der Waals surface area contributed by atoms with Gasteiger partial charge in [-0.2, -0.15) is 0 Å². The smallest absolute Gasteiger partial charge is 0.178 e. The van der Waals surface area contributed by atoms with Crippen LogP contribution in [0.15, 0.2) is 36.5 Å². The van der Waals surface area contributed by atoms with Crippen LogP contribution in [0.1, 0.15) is 11.3 Å². The van der Waals surface area contributed by atoms with Crippen LogP contribution in [0.3, 0.4) is 0 Å². The zero-order valence-corrected chi connectivity index (χ0v) is 13.8. The minimum atomic E-state index is 0.626. The average molecular weight is 323 g/mol. The van der Waals surface area contributed by atoms with Gasteiger partial charge in [-0.05, 0) is 23.6 Å². The lowest BCUT2D eigenvalue weighted by Crippen LogP contribution is -1.96. The first kappa shape index (κ1) is 14.6. The van der Waals surface area contributed by atoms with Crippen LogP contribution < -0.4 is 18.9 Å². The Bertz CT molecular complexity index is 936. The highest BCUT2D eigenvalue weighted by Crippen LogP contribution is 2.46. The lowest BCUT2D eigenvalue weighted by atomic mass is 10.0. The normalized spacial score (nSPS) is 12.1. The van der Waals surface area contributed by atoms with Crippen molar-refractivity contribution < 1.29 is 18.9 Å². The maximum atomic E-state index is 6.24.